The number of hydrogen-bond acceptors (Lipinski definition) is 8. The molecule has 1 aliphatic heterocycles. The van der Waals surface area contributed by atoms with Crippen LogP contribution in [-0.4, -0.2) is 57.3 Å². The van der Waals surface area contributed by atoms with Gasteiger partial charge in [0.05, 0.1) is 24.5 Å². The number of aromatic nitrogens is 5. The van der Waals surface area contributed by atoms with Gasteiger partial charge in [-0.2, -0.15) is 15.1 Å². The lowest BCUT2D eigenvalue weighted by Gasteiger charge is -2.37. The Morgan fingerprint density at radius 3 is 2.81 bits per heavy atom. The number of thiazole rings is 1. The van der Waals surface area contributed by atoms with E-state index in [0.717, 1.165) is 24.1 Å². The number of halogens is 2. The lowest BCUT2D eigenvalue weighted by atomic mass is 10.1. The van der Waals surface area contributed by atoms with Crippen molar-refractivity contribution >= 4 is 50.3 Å². The van der Waals surface area contributed by atoms with Crippen molar-refractivity contribution in [3.05, 3.63) is 46.5 Å². The molecule has 6 rings (SSSR count). The number of carbonyl (C=O) groups is 1. The standard InChI is InChI=1S/C25H25ClFN7O2S/c1-12-10-34(11-19(36-12)17-9-28-32-20(17)14-4-5-14)24-29-21(16-7-6-15(26)8-18(16)27)22-23(30-24)31-25(37-22)33(3)13(2)35/h6-9,12,14,19H,4-5,10-11H2,1-3H3,(H,28,32)/t12-,19-/m1/s1. The second kappa shape index (κ2) is 9.30. The molecule has 3 aromatic heterocycles. The molecule has 2 fully saturated rings. The first-order valence-corrected chi connectivity index (χ1v) is 13.3. The van der Waals surface area contributed by atoms with Gasteiger partial charge in [0.25, 0.3) is 0 Å². The topological polar surface area (TPSA) is 100 Å². The van der Waals surface area contributed by atoms with Crippen LogP contribution in [0.3, 0.4) is 0 Å². The van der Waals surface area contributed by atoms with Crippen molar-refractivity contribution in [2.24, 2.45) is 0 Å². The van der Waals surface area contributed by atoms with Crippen molar-refractivity contribution in [1.29, 1.82) is 0 Å². The van der Waals surface area contributed by atoms with Gasteiger partial charge in [-0.25, -0.2) is 9.37 Å². The van der Waals surface area contributed by atoms with E-state index in [0.29, 0.717) is 56.7 Å². The van der Waals surface area contributed by atoms with Gasteiger partial charge in [0, 0.05) is 48.3 Å². The fourth-order valence-electron chi connectivity index (χ4n) is 4.63. The number of H-pyrrole nitrogens is 1. The van der Waals surface area contributed by atoms with Crippen LogP contribution in [0.15, 0.2) is 24.4 Å². The molecule has 192 valence electrons. The van der Waals surface area contributed by atoms with Crippen LogP contribution in [0.25, 0.3) is 21.6 Å². The molecule has 4 heterocycles. The third kappa shape index (κ3) is 4.55. The second-order valence-electron chi connectivity index (χ2n) is 9.58. The molecule has 2 atom stereocenters. The molecular formula is C25H25ClFN7O2S. The SMILES string of the molecule is CC(=O)N(C)c1nc2nc(N3C[C@@H](C)O[C@@H](c4cn[nH]c4C4CC4)C3)nc(-c3ccc(Cl)cc3F)c2s1. The molecule has 2 aliphatic rings. The summed E-state index contributed by atoms with van der Waals surface area (Å²) >= 11 is 7.27. The number of benzene rings is 1. The van der Waals surface area contributed by atoms with Crippen molar-refractivity contribution in [3.8, 4) is 11.3 Å². The van der Waals surface area contributed by atoms with Crippen LogP contribution in [0.2, 0.25) is 5.02 Å². The van der Waals surface area contributed by atoms with Crippen molar-refractivity contribution in [3.63, 3.8) is 0 Å². The van der Waals surface area contributed by atoms with Gasteiger partial charge in [-0.3, -0.25) is 14.8 Å². The van der Waals surface area contributed by atoms with E-state index in [9.17, 15) is 4.79 Å². The van der Waals surface area contributed by atoms with Crippen LogP contribution >= 0.6 is 22.9 Å². The van der Waals surface area contributed by atoms with Gasteiger partial charge in [-0.05, 0) is 38.0 Å². The summed E-state index contributed by atoms with van der Waals surface area (Å²) in [6.45, 7) is 4.55. The Hall–Kier alpha value is -3.15. The van der Waals surface area contributed by atoms with E-state index in [-0.39, 0.29) is 18.1 Å². The van der Waals surface area contributed by atoms with Crippen LogP contribution in [0.5, 0.6) is 0 Å². The lowest BCUT2D eigenvalue weighted by Crippen LogP contribution is -2.43. The Bertz CT molecular complexity index is 1500. The number of morpholine rings is 1. The molecule has 1 saturated carbocycles. The maximum Gasteiger partial charge on any atom is 0.228 e. The van der Waals surface area contributed by atoms with E-state index < -0.39 is 5.82 Å². The number of anilines is 2. The first-order chi connectivity index (χ1) is 17.8. The van der Waals surface area contributed by atoms with Crippen molar-refractivity contribution < 1.29 is 13.9 Å². The third-order valence-electron chi connectivity index (χ3n) is 6.75. The molecule has 1 aromatic carbocycles. The molecule has 0 unspecified atom stereocenters. The first-order valence-electron chi connectivity index (χ1n) is 12.1. The Kier molecular flexibility index (Phi) is 6.09. The highest BCUT2D eigenvalue weighted by molar-refractivity contribution is 7.22. The molecule has 4 aromatic rings. The zero-order chi connectivity index (χ0) is 25.8. The molecule has 1 saturated heterocycles. The zero-order valence-corrected chi connectivity index (χ0v) is 22.1. The summed E-state index contributed by atoms with van der Waals surface area (Å²) in [5.41, 5.74) is 3.30. The second-order valence-corrected chi connectivity index (χ2v) is 11.0. The van der Waals surface area contributed by atoms with Crippen molar-refractivity contribution in [1.82, 2.24) is 25.1 Å². The number of nitrogens with one attached hydrogen (secondary N) is 1. The average Bonchev–Trinajstić information content (AvgIpc) is 3.42. The quantitative estimate of drug-likeness (QED) is 0.375. The normalized spacial score (nSPS) is 20.0. The van der Waals surface area contributed by atoms with Crippen molar-refractivity contribution in [2.75, 3.05) is 29.9 Å². The molecule has 9 nitrogen and oxygen atoms in total. The third-order valence-corrected chi connectivity index (χ3v) is 8.11. The fourth-order valence-corrected chi connectivity index (χ4v) is 5.81. The van der Waals surface area contributed by atoms with Gasteiger partial charge >= 0.3 is 0 Å². The van der Waals surface area contributed by atoms with Crippen LogP contribution in [-0.2, 0) is 9.53 Å². The van der Waals surface area contributed by atoms with Gasteiger partial charge in [0.1, 0.15) is 16.6 Å². The highest BCUT2D eigenvalue weighted by Crippen LogP contribution is 2.43. The zero-order valence-electron chi connectivity index (χ0n) is 20.5. The number of amides is 1. The van der Waals surface area contributed by atoms with E-state index >= 15 is 4.39 Å². The summed E-state index contributed by atoms with van der Waals surface area (Å²) in [6.07, 6.45) is 3.85. The minimum atomic E-state index is -0.492. The predicted octanol–water partition coefficient (Wildman–Crippen LogP) is 5.10. The molecule has 12 heteroatoms. The highest BCUT2D eigenvalue weighted by atomic mass is 35.5. The Labute approximate surface area is 221 Å². The maximum atomic E-state index is 15.1. The van der Waals surface area contributed by atoms with Gasteiger partial charge in [-0.15, -0.1) is 0 Å². The average molecular weight is 542 g/mol. The van der Waals surface area contributed by atoms with Crippen LogP contribution < -0.4 is 9.80 Å². The smallest absolute Gasteiger partial charge is 0.228 e. The molecular weight excluding hydrogens is 517 g/mol. The Balaban J connectivity index is 1.45. The van der Waals surface area contributed by atoms with Crippen molar-refractivity contribution in [2.45, 2.75) is 44.8 Å². The maximum absolute atomic E-state index is 15.1. The molecule has 1 amide bonds. The molecule has 37 heavy (non-hydrogen) atoms. The van der Waals surface area contributed by atoms with E-state index in [1.807, 2.05) is 18.0 Å². The summed E-state index contributed by atoms with van der Waals surface area (Å²) in [4.78, 5) is 29.7. The minimum Gasteiger partial charge on any atom is -0.367 e. The van der Waals surface area contributed by atoms with Crippen LogP contribution in [0, 0.1) is 5.82 Å². The number of carbonyl (C=O) groups excluding carboxylic acids is 1. The lowest BCUT2D eigenvalue weighted by molar-refractivity contribution is -0.116. The van der Waals surface area contributed by atoms with E-state index in [1.54, 1.807) is 19.2 Å². The van der Waals surface area contributed by atoms with Crippen LogP contribution in [0.4, 0.5) is 15.5 Å². The van der Waals surface area contributed by atoms with Gasteiger partial charge in [0.15, 0.2) is 10.8 Å². The number of hydrogen-bond donors (Lipinski definition) is 1. The van der Waals surface area contributed by atoms with E-state index in [4.69, 9.17) is 26.3 Å². The van der Waals surface area contributed by atoms with E-state index in [1.165, 1.54) is 29.2 Å². The summed E-state index contributed by atoms with van der Waals surface area (Å²) in [5.74, 6) is 0.276. The molecule has 1 N–H and O–H groups in total. The molecule has 0 bridgehead atoms. The predicted molar refractivity (Wildman–Crippen MR) is 141 cm³/mol. The van der Waals surface area contributed by atoms with Crippen LogP contribution in [0.1, 0.15) is 50.0 Å². The van der Waals surface area contributed by atoms with Gasteiger partial charge in [0.2, 0.25) is 11.9 Å². The Morgan fingerprint density at radius 2 is 2.08 bits per heavy atom. The Morgan fingerprint density at radius 1 is 1.27 bits per heavy atom. The largest absolute Gasteiger partial charge is 0.367 e. The summed E-state index contributed by atoms with van der Waals surface area (Å²) in [7, 11) is 1.65. The molecule has 0 spiro atoms. The van der Waals surface area contributed by atoms with Gasteiger partial charge in [-0.1, -0.05) is 22.9 Å². The van der Waals surface area contributed by atoms with E-state index in [2.05, 4.69) is 15.2 Å². The minimum absolute atomic E-state index is 0.0921. The molecule has 0 radical (unpaired) electrons. The summed E-state index contributed by atoms with van der Waals surface area (Å²) < 4.78 is 22.0. The number of nitrogens with zero attached hydrogens (tertiary/aromatic N) is 6. The highest BCUT2D eigenvalue weighted by Gasteiger charge is 2.35. The first kappa shape index (κ1) is 24.2. The number of aromatic amines is 1. The number of rotatable bonds is 5. The number of ether oxygens (including phenoxy) is 1. The molecule has 1 aliphatic carbocycles. The number of fused-ring (bicyclic) bond motifs is 1. The fraction of sp³-hybridized carbons (Fsp3) is 0.400. The summed E-state index contributed by atoms with van der Waals surface area (Å²) in [6, 6.07) is 4.50. The van der Waals surface area contributed by atoms with Gasteiger partial charge < -0.3 is 9.64 Å². The summed E-state index contributed by atoms with van der Waals surface area (Å²) in [5, 5.41) is 8.19. The monoisotopic (exact) mass is 541 g/mol.